The summed E-state index contributed by atoms with van der Waals surface area (Å²) in [6.07, 6.45) is 5.10. The minimum Gasteiger partial charge on any atom is -0.323 e. The first kappa shape index (κ1) is 13.8. The van der Waals surface area contributed by atoms with E-state index >= 15 is 0 Å². The van der Waals surface area contributed by atoms with Crippen LogP contribution in [0, 0.1) is 0 Å². The Balaban J connectivity index is 1.67. The van der Waals surface area contributed by atoms with E-state index in [1.807, 2.05) is 42.5 Å². The fourth-order valence-electron chi connectivity index (χ4n) is 2.89. The number of carbonyl (C=O) groups is 2. The van der Waals surface area contributed by atoms with E-state index in [1.165, 1.54) is 4.90 Å². The molecule has 0 saturated carbocycles. The van der Waals surface area contributed by atoms with Gasteiger partial charge in [-0.25, -0.2) is 4.79 Å². The van der Waals surface area contributed by atoms with Crippen molar-refractivity contribution in [2.24, 2.45) is 0 Å². The maximum atomic E-state index is 12.5. The fourth-order valence-corrected chi connectivity index (χ4v) is 2.89. The summed E-state index contributed by atoms with van der Waals surface area (Å²) in [7, 11) is 0. The van der Waals surface area contributed by atoms with Crippen LogP contribution in [0.3, 0.4) is 0 Å². The van der Waals surface area contributed by atoms with Crippen LogP contribution in [0.15, 0.2) is 36.4 Å². The Morgan fingerprint density at radius 2 is 1.86 bits per heavy atom. The van der Waals surface area contributed by atoms with Gasteiger partial charge in [0.2, 0.25) is 0 Å². The first-order valence-corrected chi connectivity index (χ1v) is 7.28. The van der Waals surface area contributed by atoms with Crippen LogP contribution < -0.4 is 10.6 Å². The van der Waals surface area contributed by atoms with Crippen molar-refractivity contribution in [3.63, 3.8) is 0 Å². The van der Waals surface area contributed by atoms with Crippen molar-refractivity contribution >= 4 is 18.0 Å². The molecule has 1 aromatic rings. The summed E-state index contributed by atoms with van der Waals surface area (Å²) in [5, 5.41) is 6.10. The Morgan fingerprint density at radius 1 is 1.14 bits per heavy atom. The molecule has 21 heavy (non-hydrogen) atoms. The second kappa shape index (κ2) is 5.69. The van der Waals surface area contributed by atoms with E-state index in [4.69, 9.17) is 0 Å². The zero-order valence-corrected chi connectivity index (χ0v) is 11.8. The van der Waals surface area contributed by atoms with Crippen LogP contribution in [-0.4, -0.2) is 42.0 Å². The number of amides is 3. The summed E-state index contributed by atoms with van der Waals surface area (Å²) in [5.74, 6) is -0.0910. The lowest BCUT2D eigenvalue weighted by Crippen LogP contribution is -2.53. The van der Waals surface area contributed by atoms with E-state index in [9.17, 15) is 9.59 Å². The Kier molecular flexibility index (Phi) is 3.75. The van der Waals surface area contributed by atoms with Crippen molar-refractivity contribution in [2.75, 3.05) is 19.6 Å². The van der Waals surface area contributed by atoms with Gasteiger partial charge in [-0.1, -0.05) is 42.5 Å². The van der Waals surface area contributed by atoms with E-state index in [1.54, 1.807) is 0 Å². The smallest absolute Gasteiger partial charge is 0.323 e. The van der Waals surface area contributed by atoms with Crippen molar-refractivity contribution in [1.82, 2.24) is 15.5 Å². The van der Waals surface area contributed by atoms with Gasteiger partial charge in [0.25, 0.3) is 5.91 Å². The number of hydrogen-bond acceptors (Lipinski definition) is 3. The van der Waals surface area contributed by atoms with E-state index in [-0.39, 0.29) is 11.9 Å². The summed E-state index contributed by atoms with van der Waals surface area (Å²) >= 11 is 0. The van der Waals surface area contributed by atoms with Gasteiger partial charge in [0.1, 0.15) is 5.54 Å². The van der Waals surface area contributed by atoms with E-state index < -0.39 is 5.54 Å². The molecule has 2 saturated heterocycles. The fraction of sp³-hybridized carbons (Fsp3) is 0.375. The second-order valence-corrected chi connectivity index (χ2v) is 5.49. The third-order valence-corrected chi connectivity index (χ3v) is 4.10. The second-order valence-electron chi connectivity index (χ2n) is 5.49. The van der Waals surface area contributed by atoms with Crippen molar-refractivity contribution < 1.29 is 9.59 Å². The number of hydrogen-bond donors (Lipinski definition) is 2. The van der Waals surface area contributed by atoms with Gasteiger partial charge in [-0.2, -0.15) is 0 Å². The SMILES string of the molecule is O=C1NC2(CCNCC2)C(=O)N1CC=Cc1ccccc1. The largest absolute Gasteiger partial charge is 0.325 e. The number of urea groups is 1. The number of benzene rings is 1. The molecule has 0 atom stereocenters. The van der Waals surface area contributed by atoms with Crippen LogP contribution in [0.1, 0.15) is 18.4 Å². The maximum absolute atomic E-state index is 12.5. The van der Waals surface area contributed by atoms with E-state index in [2.05, 4.69) is 10.6 Å². The molecule has 110 valence electrons. The molecule has 2 N–H and O–H groups in total. The molecule has 1 aromatic carbocycles. The number of piperidine rings is 1. The topological polar surface area (TPSA) is 61.4 Å². The van der Waals surface area contributed by atoms with Gasteiger partial charge in [0.15, 0.2) is 0 Å². The lowest BCUT2D eigenvalue weighted by molar-refractivity contribution is -0.131. The molecule has 0 radical (unpaired) electrons. The standard InChI is InChI=1S/C16H19N3O2/c20-14-16(8-10-17-11-9-16)18-15(21)19(14)12-4-7-13-5-2-1-3-6-13/h1-7,17H,8-12H2,(H,18,21). The Bertz CT molecular complexity index is 562. The minimum atomic E-state index is -0.678. The predicted octanol–water partition coefficient (Wildman–Crippen LogP) is 1.37. The number of nitrogens with zero attached hydrogens (tertiary/aromatic N) is 1. The van der Waals surface area contributed by atoms with Gasteiger partial charge >= 0.3 is 6.03 Å². The van der Waals surface area contributed by atoms with Crippen LogP contribution in [0.25, 0.3) is 6.08 Å². The number of carbonyl (C=O) groups excluding carboxylic acids is 2. The quantitative estimate of drug-likeness (QED) is 0.825. The molecule has 0 bridgehead atoms. The highest BCUT2D eigenvalue weighted by molar-refractivity contribution is 6.07. The third kappa shape index (κ3) is 2.69. The highest BCUT2D eigenvalue weighted by atomic mass is 16.2. The van der Waals surface area contributed by atoms with Crippen LogP contribution in [0.4, 0.5) is 4.79 Å². The van der Waals surface area contributed by atoms with Crippen molar-refractivity contribution in [2.45, 2.75) is 18.4 Å². The summed E-state index contributed by atoms with van der Waals surface area (Å²) in [5.41, 5.74) is 0.379. The first-order chi connectivity index (χ1) is 10.2. The zero-order valence-electron chi connectivity index (χ0n) is 11.8. The Labute approximate surface area is 124 Å². The van der Waals surface area contributed by atoms with Gasteiger partial charge in [0.05, 0.1) is 0 Å². The average molecular weight is 285 g/mol. The molecule has 0 unspecified atom stereocenters. The molecule has 1 spiro atoms. The molecule has 5 nitrogen and oxygen atoms in total. The van der Waals surface area contributed by atoms with Gasteiger partial charge in [-0.3, -0.25) is 9.69 Å². The summed E-state index contributed by atoms with van der Waals surface area (Å²) in [4.78, 5) is 25.9. The number of nitrogens with one attached hydrogen (secondary N) is 2. The summed E-state index contributed by atoms with van der Waals surface area (Å²) in [6.45, 7) is 1.84. The number of imide groups is 1. The van der Waals surface area contributed by atoms with Gasteiger partial charge in [-0.05, 0) is 31.5 Å². The van der Waals surface area contributed by atoms with Crippen molar-refractivity contribution in [1.29, 1.82) is 0 Å². The Morgan fingerprint density at radius 3 is 2.57 bits per heavy atom. The van der Waals surface area contributed by atoms with E-state index in [0.29, 0.717) is 19.4 Å². The van der Waals surface area contributed by atoms with Gasteiger partial charge < -0.3 is 10.6 Å². The van der Waals surface area contributed by atoms with Crippen LogP contribution in [0.2, 0.25) is 0 Å². The summed E-state index contributed by atoms with van der Waals surface area (Å²) < 4.78 is 0. The third-order valence-electron chi connectivity index (χ3n) is 4.10. The molecule has 2 aliphatic heterocycles. The average Bonchev–Trinajstić information content (AvgIpc) is 2.73. The lowest BCUT2D eigenvalue weighted by Gasteiger charge is -2.30. The van der Waals surface area contributed by atoms with Crippen LogP contribution in [0.5, 0.6) is 0 Å². The zero-order chi connectivity index (χ0) is 14.7. The highest BCUT2D eigenvalue weighted by Crippen LogP contribution is 2.26. The molecule has 3 rings (SSSR count). The number of rotatable bonds is 3. The molecule has 2 aliphatic rings. The van der Waals surface area contributed by atoms with Crippen molar-refractivity contribution in [3.8, 4) is 0 Å². The molecular formula is C16H19N3O2. The van der Waals surface area contributed by atoms with E-state index in [0.717, 1.165) is 18.7 Å². The normalized spacial score (nSPS) is 21.2. The molecule has 5 heteroatoms. The maximum Gasteiger partial charge on any atom is 0.325 e. The highest BCUT2D eigenvalue weighted by Gasteiger charge is 2.50. The predicted molar refractivity (Wildman–Crippen MR) is 80.6 cm³/mol. The summed E-state index contributed by atoms with van der Waals surface area (Å²) in [6, 6.07) is 9.55. The van der Waals surface area contributed by atoms with Gasteiger partial charge in [-0.15, -0.1) is 0 Å². The van der Waals surface area contributed by atoms with Crippen molar-refractivity contribution in [3.05, 3.63) is 42.0 Å². The molecular weight excluding hydrogens is 266 g/mol. The monoisotopic (exact) mass is 285 g/mol. The first-order valence-electron chi connectivity index (χ1n) is 7.28. The molecule has 0 aromatic heterocycles. The minimum absolute atomic E-state index is 0.0910. The Hall–Kier alpha value is -2.14. The van der Waals surface area contributed by atoms with Gasteiger partial charge in [0, 0.05) is 6.54 Å². The van der Waals surface area contributed by atoms with Crippen LogP contribution >= 0.6 is 0 Å². The molecule has 0 aliphatic carbocycles. The lowest BCUT2D eigenvalue weighted by atomic mass is 9.88. The van der Waals surface area contributed by atoms with Crippen LogP contribution in [-0.2, 0) is 4.79 Å². The molecule has 2 heterocycles. The molecule has 3 amide bonds. The molecule has 2 fully saturated rings.